The molecule has 4 heteroatoms. The summed E-state index contributed by atoms with van der Waals surface area (Å²) in [4.78, 5) is 14.9. The van der Waals surface area contributed by atoms with E-state index in [4.69, 9.17) is 5.26 Å². The molecule has 4 nitrogen and oxygen atoms in total. The Labute approximate surface area is 80.4 Å². The van der Waals surface area contributed by atoms with Crippen LogP contribution in [-0.4, -0.2) is 15.7 Å². The first-order chi connectivity index (χ1) is 6.77. The summed E-state index contributed by atoms with van der Waals surface area (Å²) in [5, 5.41) is 8.82. The summed E-state index contributed by atoms with van der Waals surface area (Å²) in [6.07, 6.45) is 2.47. The summed E-state index contributed by atoms with van der Waals surface area (Å²) in [7, 11) is 0. The molecule has 0 bridgehead atoms. The number of fused-ring (bicyclic) bond motifs is 1. The van der Waals surface area contributed by atoms with Gasteiger partial charge in [-0.15, -0.1) is 0 Å². The molecule has 2 aromatic heterocycles. The molecule has 68 valence electrons. The van der Waals surface area contributed by atoms with Gasteiger partial charge >= 0.3 is 0 Å². The lowest BCUT2D eigenvalue weighted by molar-refractivity contribution is 0.111. The van der Waals surface area contributed by atoms with Gasteiger partial charge in [0.2, 0.25) is 0 Å². The van der Waals surface area contributed by atoms with E-state index in [1.807, 2.05) is 6.07 Å². The Morgan fingerprint density at radius 2 is 2.43 bits per heavy atom. The molecule has 0 fully saturated rings. The van der Waals surface area contributed by atoms with Crippen LogP contribution in [0.25, 0.3) is 5.65 Å². The van der Waals surface area contributed by atoms with Gasteiger partial charge in [-0.2, -0.15) is 5.26 Å². The maximum absolute atomic E-state index is 10.8. The molecule has 0 aliphatic heterocycles. The highest BCUT2D eigenvalue weighted by Gasteiger charge is 2.09. The molecule has 0 aliphatic carbocycles. The van der Waals surface area contributed by atoms with Crippen LogP contribution in [0.2, 0.25) is 0 Å². The van der Waals surface area contributed by atoms with E-state index in [2.05, 4.69) is 4.98 Å². The summed E-state index contributed by atoms with van der Waals surface area (Å²) in [5.41, 5.74) is 2.15. The summed E-state index contributed by atoms with van der Waals surface area (Å²) < 4.78 is 1.63. The molecule has 0 saturated carbocycles. The predicted octanol–water partition coefficient (Wildman–Crippen LogP) is 1.33. The van der Waals surface area contributed by atoms with Crippen molar-refractivity contribution in [1.82, 2.24) is 9.38 Å². The summed E-state index contributed by atoms with van der Waals surface area (Å²) >= 11 is 0. The fourth-order valence-corrected chi connectivity index (χ4v) is 1.43. The molecule has 0 amide bonds. The topological polar surface area (TPSA) is 58.2 Å². The highest BCUT2D eigenvalue weighted by atomic mass is 16.1. The SMILES string of the molecule is Cc1nc2c(C#N)cccn2c1C=O. The summed E-state index contributed by atoms with van der Waals surface area (Å²) in [6, 6.07) is 5.43. The minimum Gasteiger partial charge on any atom is -0.296 e. The Morgan fingerprint density at radius 3 is 3.07 bits per heavy atom. The summed E-state index contributed by atoms with van der Waals surface area (Å²) in [5.74, 6) is 0. The lowest BCUT2D eigenvalue weighted by Gasteiger charge is -1.95. The van der Waals surface area contributed by atoms with Gasteiger partial charge < -0.3 is 0 Å². The first-order valence-electron chi connectivity index (χ1n) is 4.11. The van der Waals surface area contributed by atoms with Crippen molar-refractivity contribution < 1.29 is 4.79 Å². The fraction of sp³-hybridized carbons (Fsp3) is 0.100. The van der Waals surface area contributed by atoms with Gasteiger partial charge in [0.25, 0.3) is 0 Å². The number of aryl methyl sites for hydroxylation is 1. The second kappa shape index (κ2) is 2.96. The van der Waals surface area contributed by atoms with Gasteiger partial charge in [0.05, 0.1) is 11.3 Å². The van der Waals surface area contributed by atoms with Crippen molar-refractivity contribution >= 4 is 11.9 Å². The molecule has 0 unspecified atom stereocenters. The van der Waals surface area contributed by atoms with Crippen LogP contribution in [0.15, 0.2) is 18.3 Å². The number of carbonyl (C=O) groups is 1. The van der Waals surface area contributed by atoms with E-state index in [1.165, 1.54) is 0 Å². The van der Waals surface area contributed by atoms with Crippen molar-refractivity contribution in [3.63, 3.8) is 0 Å². The number of nitriles is 1. The molecule has 0 spiro atoms. The van der Waals surface area contributed by atoms with Gasteiger partial charge in [-0.05, 0) is 19.1 Å². The van der Waals surface area contributed by atoms with Crippen LogP contribution >= 0.6 is 0 Å². The Kier molecular flexibility index (Phi) is 1.79. The Bertz CT molecular complexity index is 548. The Hall–Kier alpha value is -2.15. The quantitative estimate of drug-likeness (QED) is 0.629. The van der Waals surface area contributed by atoms with Crippen LogP contribution in [0.5, 0.6) is 0 Å². The van der Waals surface area contributed by atoms with Gasteiger partial charge in [-0.25, -0.2) is 4.98 Å². The van der Waals surface area contributed by atoms with Gasteiger partial charge in [-0.1, -0.05) is 0 Å². The second-order valence-corrected chi connectivity index (χ2v) is 2.93. The molecule has 2 aromatic rings. The van der Waals surface area contributed by atoms with Crippen LogP contribution in [-0.2, 0) is 0 Å². The van der Waals surface area contributed by atoms with Gasteiger partial charge in [0.1, 0.15) is 11.8 Å². The highest BCUT2D eigenvalue weighted by Crippen LogP contribution is 2.13. The Balaban J connectivity index is 2.94. The normalized spacial score (nSPS) is 10.0. The van der Waals surface area contributed by atoms with Crippen LogP contribution in [0.1, 0.15) is 21.7 Å². The molecule has 2 rings (SSSR count). The minimum atomic E-state index is 0.476. The molecule has 0 N–H and O–H groups in total. The van der Waals surface area contributed by atoms with E-state index in [0.29, 0.717) is 22.6 Å². The molecule has 2 heterocycles. The Morgan fingerprint density at radius 1 is 1.64 bits per heavy atom. The average Bonchev–Trinajstić information content (AvgIpc) is 2.52. The molecule has 0 aromatic carbocycles. The smallest absolute Gasteiger partial charge is 0.168 e. The van der Waals surface area contributed by atoms with Crippen molar-refractivity contribution in [2.24, 2.45) is 0 Å². The van der Waals surface area contributed by atoms with Crippen LogP contribution in [0.4, 0.5) is 0 Å². The van der Waals surface area contributed by atoms with Crippen LogP contribution in [0, 0.1) is 18.3 Å². The maximum atomic E-state index is 10.8. The highest BCUT2D eigenvalue weighted by molar-refractivity contribution is 5.77. The van der Waals surface area contributed by atoms with Gasteiger partial charge in [-0.3, -0.25) is 9.20 Å². The minimum absolute atomic E-state index is 0.476. The number of aromatic nitrogens is 2. The third-order valence-corrected chi connectivity index (χ3v) is 2.10. The molecule has 0 aliphatic rings. The molecular formula is C10H7N3O. The average molecular weight is 185 g/mol. The van der Waals surface area contributed by atoms with Gasteiger partial charge in [0.15, 0.2) is 11.9 Å². The third kappa shape index (κ3) is 0.995. The molecule has 0 radical (unpaired) electrons. The van der Waals surface area contributed by atoms with E-state index in [-0.39, 0.29) is 0 Å². The summed E-state index contributed by atoms with van der Waals surface area (Å²) in [6.45, 7) is 1.75. The largest absolute Gasteiger partial charge is 0.296 e. The second-order valence-electron chi connectivity index (χ2n) is 2.93. The fourth-order valence-electron chi connectivity index (χ4n) is 1.43. The predicted molar refractivity (Wildman–Crippen MR) is 50.0 cm³/mol. The van der Waals surface area contributed by atoms with E-state index in [1.54, 1.807) is 29.7 Å². The van der Waals surface area contributed by atoms with E-state index >= 15 is 0 Å². The van der Waals surface area contributed by atoms with Crippen molar-refractivity contribution in [2.75, 3.05) is 0 Å². The molecule has 0 atom stereocenters. The van der Waals surface area contributed by atoms with E-state index in [0.717, 1.165) is 6.29 Å². The van der Waals surface area contributed by atoms with Crippen molar-refractivity contribution in [1.29, 1.82) is 5.26 Å². The standard InChI is InChI=1S/C10H7N3O/c1-7-9(6-14)13-4-2-3-8(5-11)10(13)12-7/h2-4,6H,1H3. The number of imidazole rings is 1. The number of hydrogen-bond donors (Lipinski definition) is 0. The lowest BCUT2D eigenvalue weighted by Crippen LogP contribution is -1.92. The monoisotopic (exact) mass is 185 g/mol. The zero-order valence-corrected chi connectivity index (χ0v) is 7.56. The van der Waals surface area contributed by atoms with Crippen molar-refractivity contribution in [2.45, 2.75) is 6.92 Å². The number of pyridine rings is 1. The number of nitrogens with zero attached hydrogens (tertiary/aromatic N) is 3. The van der Waals surface area contributed by atoms with E-state index in [9.17, 15) is 4.79 Å². The molecular weight excluding hydrogens is 178 g/mol. The number of aldehydes is 1. The van der Waals surface area contributed by atoms with Crippen molar-refractivity contribution in [3.8, 4) is 6.07 Å². The third-order valence-electron chi connectivity index (χ3n) is 2.10. The number of hydrogen-bond acceptors (Lipinski definition) is 3. The zero-order valence-electron chi connectivity index (χ0n) is 7.56. The van der Waals surface area contributed by atoms with Gasteiger partial charge in [0, 0.05) is 6.20 Å². The van der Waals surface area contributed by atoms with Crippen LogP contribution in [0.3, 0.4) is 0 Å². The zero-order chi connectivity index (χ0) is 10.1. The molecule has 14 heavy (non-hydrogen) atoms. The first kappa shape index (κ1) is 8.45. The number of rotatable bonds is 1. The molecule has 0 saturated heterocycles. The van der Waals surface area contributed by atoms with Crippen LogP contribution < -0.4 is 0 Å². The maximum Gasteiger partial charge on any atom is 0.168 e. The lowest BCUT2D eigenvalue weighted by atomic mass is 10.3. The van der Waals surface area contributed by atoms with E-state index < -0.39 is 0 Å². The first-order valence-corrected chi connectivity index (χ1v) is 4.11. The van der Waals surface area contributed by atoms with Crippen molar-refractivity contribution in [3.05, 3.63) is 35.3 Å². The number of carbonyl (C=O) groups excluding carboxylic acids is 1.